The molecule has 25 heavy (non-hydrogen) atoms. The highest BCUT2D eigenvalue weighted by molar-refractivity contribution is 7.89. The van der Waals surface area contributed by atoms with E-state index in [2.05, 4.69) is 15.1 Å². The van der Waals surface area contributed by atoms with Crippen LogP contribution < -0.4 is 0 Å². The molecule has 138 valence electrons. The molecule has 3 heterocycles. The van der Waals surface area contributed by atoms with E-state index in [1.54, 1.807) is 18.7 Å². The molecular weight excluding hydrogens is 350 g/mol. The van der Waals surface area contributed by atoms with Crippen LogP contribution in [-0.4, -0.2) is 58.7 Å². The maximum atomic E-state index is 12.6. The summed E-state index contributed by atoms with van der Waals surface area (Å²) in [6.07, 6.45) is 4.24. The molecule has 2 aromatic heterocycles. The van der Waals surface area contributed by atoms with Crippen molar-refractivity contribution >= 4 is 10.0 Å². The average Bonchev–Trinajstić information content (AvgIpc) is 3.23. The maximum absolute atomic E-state index is 12.6. The first kappa shape index (κ1) is 18.0. The summed E-state index contributed by atoms with van der Waals surface area (Å²) >= 11 is 0. The second-order valence-corrected chi connectivity index (χ2v) is 7.74. The predicted octanol–water partition coefficient (Wildman–Crippen LogP) is 0.319. The Hall–Kier alpha value is -1.82. The molecule has 0 saturated carbocycles. The lowest BCUT2D eigenvalue weighted by Gasteiger charge is -2.31. The van der Waals surface area contributed by atoms with Crippen molar-refractivity contribution in [3.05, 3.63) is 24.2 Å². The van der Waals surface area contributed by atoms with Gasteiger partial charge < -0.3 is 18.6 Å². The molecular formula is C14H21N5O5S. The largest absolute Gasteiger partial charge is 0.375 e. The highest BCUT2D eigenvalue weighted by Crippen LogP contribution is 2.21. The van der Waals surface area contributed by atoms with Gasteiger partial charge in [-0.15, -0.1) is 0 Å². The Labute approximate surface area is 145 Å². The monoisotopic (exact) mass is 371 g/mol. The highest BCUT2D eigenvalue weighted by atomic mass is 32.2. The molecule has 0 bridgehead atoms. The summed E-state index contributed by atoms with van der Waals surface area (Å²) in [6, 6.07) is 0. The Morgan fingerprint density at radius 3 is 2.96 bits per heavy atom. The fourth-order valence-electron chi connectivity index (χ4n) is 2.64. The molecule has 10 nitrogen and oxygen atoms in total. The standard InChI is InChI=1S/C14H21N5O5S/c1-18-7-14(15-10-18)25(20,21)19-5-3-4-11(6-19)23-8-12-16-13(9-22-2)24-17-12/h7,10-11H,3-6,8-9H2,1-2H3. The van der Waals surface area contributed by atoms with Crippen LogP contribution >= 0.6 is 0 Å². The molecule has 1 aliphatic rings. The first-order chi connectivity index (χ1) is 12.0. The van der Waals surface area contributed by atoms with Gasteiger partial charge in [0.05, 0.1) is 12.4 Å². The first-order valence-corrected chi connectivity index (χ1v) is 9.33. The highest BCUT2D eigenvalue weighted by Gasteiger charge is 2.32. The Morgan fingerprint density at radius 2 is 2.24 bits per heavy atom. The molecule has 0 spiro atoms. The number of methoxy groups -OCH3 is 1. The number of ether oxygens (including phenoxy) is 2. The van der Waals surface area contributed by atoms with E-state index >= 15 is 0 Å². The molecule has 0 aromatic carbocycles. The molecule has 0 aliphatic carbocycles. The van der Waals surface area contributed by atoms with E-state index in [1.807, 2.05) is 0 Å². The van der Waals surface area contributed by atoms with Crippen molar-refractivity contribution in [1.82, 2.24) is 24.0 Å². The second-order valence-electron chi connectivity index (χ2n) is 5.85. The fraction of sp³-hybridized carbons (Fsp3) is 0.643. The van der Waals surface area contributed by atoms with Crippen molar-refractivity contribution in [3.63, 3.8) is 0 Å². The van der Waals surface area contributed by atoms with E-state index in [-0.39, 0.29) is 30.9 Å². The number of sulfonamides is 1. The van der Waals surface area contributed by atoms with Gasteiger partial charge in [0.2, 0.25) is 0 Å². The van der Waals surface area contributed by atoms with Crippen molar-refractivity contribution in [1.29, 1.82) is 0 Å². The summed E-state index contributed by atoms with van der Waals surface area (Å²) in [4.78, 5) is 8.08. The molecule has 1 aliphatic heterocycles. The van der Waals surface area contributed by atoms with Gasteiger partial charge in [0.25, 0.3) is 15.9 Å². The lowest BCUT2D eigenvalue weighted by atomic mass is 10.1. The molecule has 3 rings (SSSR count). The second kappa shape index (κ2) is 7.60. The summed E-state index contributed by atoms with van der Waals surface area (Å²) in [5.41, 5.74) is 0. The zero-order valence-corrected chi connectivity index (χ0v) is 15.0. The molecule has 1 fully saturated rings. The molecule has 0 radical (unpaired) electrons. The van der Waals surface area contributed by atoms with E-state index in [9.17, 15) is 8.42 Å². The molecule has 1 unspecified atom stereocenters. The number of imidazole rings is 1. The summed E-state index contributed by atoms with van der Waals surface area (Å²) in [6.45, 7) is 1.14. The van der Waals surface area contributed by atoms with E-state index < -0.39 is 10.0 Å². The SMILES string of the molecule is COCc1nc(COC2CCCN(S(=O)(=O)c3cn(C)cn3)C2)no1. The fourth-order valence-corrected chi connectivity index (χ4v) is 4.11. The summed E-state index contributed by atoms with van der Waals surface area (Å²) < 4.78 is 44.0. The smallest absolute Gasteiger partial charge is 0.262 e. The summed E-state index contributed by atoms with van der Waals surface area (Å²) in [5.74, 6) is 0.792. The van der Waals surface area contributed by atoms with Crippen LogP contribution in [0.25, 0.3) is 0 Å². The third-order valence-corrected chi connectivity index (χ3v) is 5.60. The summed E-state index contributed by atoms with van der Waals surface area (Å²) in [5, 5.41) is 3.86. The van der Waals surface area contributed by atoms with Crippen LogP contribution in [0.2, 0.25) is 0 Å². The molecule has 2 aromatic rings. The van der Waals surface area contributed by atoms with Gasteiger partial charge in [0.1, 0.15) is 13.2 Å². The Kier molecular flexibility index (Phi) is 5.47. The van der Waals surface area contributed by atoms with E-state index in [0.717, 1.165) is 12.8 Å². The van der Waals surface area contributed by atoms with Crippen LogP contribution in [0.3, 0.4) is 0 Å². The maximum Gasteiger partial charge on any atom is 0.262 e. The van der Waals surface area contributed by atoms with Crippen LogP contribution in [0.4, 0.5) is 0 Å². The van der Waals surface area contributed by atoms with Gasteiger partial charge in [-0.3, -0.25) is 0 Å². The van der Waals surface area contributed by atoms with Crippen LogP contribution in [-0.2, 0) is 39.8 Å². The van der Waals surface area contributed by atoms with Gasteiger partial charge in [-0.25, -0.2) is 13.4 Å². The van der Waals surface area contributed by atoms with Crippen LogP contribution in [0.1, 0.15) is 24.6 Å². The zero-order chi connectivity index (χ0) is 17.9. The Balaban J connectivity index is 1.59. The molecule has 1 atom stereocenters. The van der Waals surface area contributed by atoms with Crippen LogP contribution in [0.5, 0.6) is 0 Å². The van der Waals surface area contributed by atoms with Crippen molar-refractivity contribution < 1.29 is 22.4 Å². The van der Waals surface area contributed by atoms with Crippen molar-refractivity contribution in [2.24, 2.45) is 7.05 Å². The van der Waals surface area contributed by atoms with E-state index in [1.165, 1.54) is 16.8 Å². The van der Waals surface area contributed by atoms with E-state index in [0.29, 0.717) is 18.3 Å². The minimum Gasteiger partial charge on any atom is -0.375 e. The third-order valence-electron chi connectivity index (χ3n) is 3.85. The van der Waals surface area contributed by atoms with Gasteiger partial charge in [-0.2, -0.15) is 9.29 Å². The molecule has 11 heteroatoms. The average molecular weight is 371 g/mol. The van der Waals surface area contributed by atoms with Crippen LogP contribution in [0, 0.1) is 0 Å². The normalized spacial score (nSPS) is 19.4. The Morgan fingerprint density at radius 1 is 1.40 bits per heavy atom. The van der Waals surface area contributed by atoms with Gasteiger partial charge in [-0.05, 0) is 12.8 Å². The lowest BCUT2D eigenvalue weighted by molar-refractivity contribution is 0.00434. The van der Waals surface area contributed by atoms with Gasteiger partial charge in [-0.1, -0.05) is 5.16 Å². The number of rotatable bonds is 7. The Bertz CT molecular complexity index is 802. The number of nitrogens with zero attached hydrogens (tertiary/aromatic N) is 5. The van der Waals surface area contributed by atoms with Crippen LogP contribution in [0.15, 0.2) is 22.1 Å². The lowest BCUT2D eigenvalue weighted by Crippen LogP contribution is -2.43. The number of aryl methyl sites for hydroxylation is 1. The van der Waals surface area contributed by atoms with Crippen molar-refractivity contribution in [3.8, 4) is 0 Å². The topological polar surface area (TPSA) is 113 Å². The minimum absolute atomic E-state index is 0.0537. The number of aromatic nitrogens is 4. The van der Waals surface area contributed by atoms with E-state index in [4.69, 9.17) is 14.0 Å². The van der Waals surface area contributed by atoms with Gasteiger partial charge in [0.15, 0.2) is 10.9 Å². The van der Waals surface area contributed by atoms with Gasteiger partial charge in [0, 0.05) is 33.4 Å². The molecule has 0 amide bonds. The zero-order valence-electron chi connectivity index (χ0n) is 14.2. The van der Waals surface area contributed by atoms with Crippen molar-refractivity contribution in [2.45, 2.75) is 37.2 Å². The molecule has 0 N–H and O–H groups in total. The molecule has 1 saturated heterocycles. The predicted molar refractivity (Wildman–Crippen MR) is 84.8 cm³/mol. The summed E-state index contributed by atoms with van der Waals surface area (Å²) in [7, 11) is -0.331. The third kappa shape index (κ3) is 4.24. The van der Waals surface area contributed by atoms with Crippen molar-refractivity contribution in [2.75, 3.05) is 20.2 Å². The quantitative estimate of drug-likeness (QED) is 0.684. The first-order valence-electron chi connectivity index (χ1n) is 7.89. The van der Waals surface area contributed by atoms with Gasteiger partial charge >= 0.3 is 0 Å². The minimum atomic E-state index is -3.61. The number of piperidine rings is 1. The number of hydrogen-bond acceptors (Lipinski definition) is 8. The number of hydrogen-bond donors (Lipinski definition) is 0.